The maximum absolute atomic E-state index is 12.7. The monoisotopic (exact) mass is 350 g/mol. The van der Waals surface area contributed by atoms with Gasteiger partial charge >= 0.3 is 11.9 Å². The van der Waals surface area contributed by atoms with Crippen LogP contribution < -0.4 is 5.32 Å². The zero-order chi connectivity index (χ0) is 17.4. The van der Waals surface area contributed by atoms with E-state index in [-0.39, 0.29) is 9.90 Å². The average Bonchev–Trinajstić information content (AvgIpc) is 2.91. The molecule has 2 rings (SSSR count). The van der Waals surface area contributed by atoms with Crippen molar-refractivity contribution in [3.05, 3.63) is 46.1 Å². The largest absolute Gasteiger partial charge is 0.416 e. The number of nitro groups is 1. The summed E-state index contributed by atoms with van der Waals surface area (Å²) in [5, 5.41) is 16.6. The third-order valence-electron chi connectivity index (χ3n) is 2.81. The van der Waals surface area contributed by atoms with E-state index in [0.717, 1.165) is 12.1 Å². The highest BCUT2D eigenvalue weighted by molar-refractivity contribution is 7.89. The molecule has 0 amide bonds. The van der Waals surface area contributed by atoms with E-state index in [4.69, 9.17) is 0 Å². The Hall–Kier alpha value is -2.63. The second-order valence-electron chi connectivity index (χ2n) is 4.27. The van der Waals surface area contributed by atoms with Gasteiger partial charge in [-0.05, 0) is 18.2 Å². The first-order valence-corrected chi connectivity index (χ1v) is 7.36. The maximum atomic E-state index is 12.7. The van der Waals surface area contributed by atoms with Crippen LogP contribution in [0.4, 0.5) is 24.7 Å². The van der Waals surface area contributed by atoms with Crippen molar-refractivity contribution in [2.24, 2.45) is 0 Å². The van der Waals surface area contributed by atoms with Crippen molar-refractivity contribution >= 4 is 21.5 Å². The highest BCUT2D eigenvalue weighted by Crippen LogP contribution is 2.31. The molecule has 0 bridgehead atoms. The van der Waals surface area contributed by atoms with Crippen LogP contribution in [-0.2, 0) is 16.2 Å². The predicted molar refractivity (Wildman–Crippen MR) is 72.5 cm³/mol. The SMILES string of the molecule is CNc1nn(S(=O)(=O)c2cccc(C(F)(F)F)c2)cc1[N+](=O)[O-]. The second kappa shape index (κ2) is 5.53. The molecule has 0 saturated heterocycles. The molecule has 0 unspecified atom stereocenters. The molecular formula is C11H9F3N4O4S. The fourth-order valence-corrected chi connectivity index (χ4v) is 2.89. The van der Waals surface area contributed by atoms with Gasteiger partial charge in [0.25, 0.3) is 10.0 Å². The molecule has 0 aliphatic rings. The molecule has 1 aromatic carbocycles. The van der Waals surface area contributed by atoms with E-state index in [1.165, 1.54) is 7.05 Å². The molecule has 1 aromatic heterocycles. The minimum absolute atomic E-state index is 0.256. The Bertz CT molecular complexity index is 860. The van der Waals surface area contributed by atoms with Gasteiger partial charge in [-0.2, -0.15) is 25.7 Å². The number of benzene rings is 1. The zero-order valence-electron chi connectivity index (χ0n) is 11.4. The number of rotatable bonds is 4. The summed E-state index contributed by atoms with van der Waals surface area (Å²) in [5.74, 6) is -0.328. The number of hydrogen-bond donors (Lipinski definition) is 1. The molecule has 8 nitrogen and oxygen atoms in total. The van der Waals surface area contributed by atoms with Gasteiger partial charge in [-0.25, -0.2) is 0 Å². The Morgan fingerprint density at radius 3 is 2.48 bits per heavy atom. The molecule has 2 aromatic rings. The van der Waals surface area contributed by atoms with Crippen LogP contribution in [0.3, 0.4) is 0 Å². The summed E-state index contributed by atoms with van der Waals surface area (Å²) in [4.78, 5) is 9.26. The van der Waals surface area contributed by atoms with Crippen LogP contribution in [0.25, 0.3) is 0 Å². The van der Waals surface area contributed by atoms with Gasteiger partial charge in [0.15, 0.2) is 0 Å². The van der Waals surface area contributed by atoms with E-state index in [0.29, 0.717) is 18.3 Å². The van der Waals surface area contributed by atoms with Crippen molar-refractivity contribution in [2.45, 2.75) is 11.1 Å². The van der Waals surface area contributed by atoms with Gasteiger partial charge in [-0.15, -0.1) is 5.10 Å². The van der Waals surface area contributed by atoms with Crippen molar-refractivity contribution < 1.29 is 26.5 Å². The number of hydrogen-bond acceptors (Lipinski definition) is 6. The maximum Gasteiger partial charge on any atom is 0.416 e. The first kappa shape index (κ1) is 16.7. The topological polar surface area (TPSA) is 107 Å². The smallest absolute Gasteiger partial charge is 0.366 e. The number of nitrogens with one attached hydrogen (secondary N) is 1. The molecule has 0 spiro atoms. The minimum atomic E-state index is -4.72. The lowest BCUT2D eigenvalue weighted by atomic mass is 10.2. The van der Waals surface area contributed by atoms with E-state index < -0.39 is 37.3 Å². The van der Waals surface area contributed by atoms with Crippen molar-refractivity contribution in [2.75, 3.05) is 12.4 Å². The number of nitrogens with zero attached hydrogens (tertiary/aromatic N) is 3. The van der Waals surface area contributed by atoms with Crippen LogP contribution >= 0.6 is 0 Å². The molecule has 1 heterocycles. The third-order valence-corrected chi connectivity index (χ3v) is 4.34. The molecule has 0 saturated carbocycles. The molecule has 12 heteroatoms. The molecule has 23 heavy (non-hydrogen) atoms. The van der Waals surface area contributed by atoms with Crippen LogP contribution in [0.5, 0.6) is 0 Å². The van der Waals surface area contributed by atoms with Gasteiger partial charge in [-0.1, -0.05) is 6.07 Å². The summed E-state index contributed by atoms with van der Waals surface area (Å²) in [6, 6.07) is 3.01. The van der Waals surface area contributed by atoms with Gasteiger partial charge in [0.2, 0.25) is 5.82 Å². The Balaban J connectivity index is 2.57. The second-order valence-corrected chi connectivity index (χ2v) is 6.07. The molecule has 0 atom stereocenters. The number of alkyl halides is 3. The summed E-state index contributed by atoms with van der Waals surface area (Å²) in [7, 11) is -3.22. The Morgan fingerprint density at radius 2 is 2.00 bits per heavy atom. The van der Waals surface area contributed by atoms with Gasteiger partial charge in [0.1, 0.15) is 6.20 Å². The lowest BCUT2D eigenvalue weighted by molar-refractivity contribution is -0.384. The van der Waals surface area contributed by atoms with Crippen molar-refractivity contribution in [3.8, 4) is 0 Å². The van der Waals surface area contributed by atoms with Crippen LogP contribution in [0, 0.1) is 10.1 Å². The van der Waals surface area contributed by atoms with Crippen LogP contribution in [0.15, 0.2) is 35.4 Å². The molecule has 0 aliphatic heterocycles. The standard InChI is InChI=1S/C11H9F3N4O4S/c1-15-10-9(18(19)20)6-17(16-10)23(21,22)8-4-2-3-7(5-8)11(12,13)14/h2-6H,1H3,(H,15,16). The lowest BCUT2D eigenvalue weighted by Crippen LogP contribution is -2.15. The third kappa shape index (κ3) is 3.11. The van der Waals surface area contributed by atoms with Crippen molar-refractivity contribution in [1.29, 1.82) is 0 Å². The Labute approximate surface area is 127 Å². The Kier molecular flexibility index (Phi) is 4.03. The fraction of sp³-hybridized carbons (Fsp3) is 0.182. The molecule has 124 valence electrons. The highest BCUT2D eigenvalue weighted by Gasteiger charge is 2.33. The molecule has 0 fully saturated rings. The minimum Gasteiger partial charge on any atom is -0.366 e. The van der Waals surface area contributed by atoms with Gasteiger partial charge in [0.05, 0.1) is 15.4 Å². The number of anilines is 1. The van der Waals surface area contributed by atoms with E-state index in [2.05, 4.69) is 10.4 Å². The summed E-state index contributed by atoms with van der Waals surface area (Å²) < 4.78 is 62.9. The van der Waals surface area contributed by atoms with Gasteiger partial charge < -0.3 is 5.32 Å². The summed E-state index contributed by atoms with van der Waals surface area (Å²) in [5.41, 5.74) is -1.78. The fourth-order valence-electron chi connectivity index (χ4n) is 1.72. The molecule has 0 radical (unpaired) electrons. The molecular weight excluding hydrogens is 341 g/mol. The number of aromatic nitrogens is 2. The summed E-state index contributed by atoms with van der Waals surface area (Å²) >= 11 is 0. The van der Waals surface area contributed by atoms with Crippen LogP contribution in [-0.4, -0.2) is 29.6 Å². The van der Waals surface area contributed by atoms with E-state index >= 15 is 0 Å². The average molecular weight is 350 g/mol. The first-order chi connectivity index (χ1) is 10.6. The Morgan fingerprint density at radius 1 is 1.35 bits per heavy atom. The zero-order valence-corrected chi connectivity index (χ0v) is 12.2. The van der Waals surface area contributed by atoms with Crippen molar-refractivity contribution in [3.63, 3.8) is 0 Å². The van der Waals surface area contributed by atoms with Crippen molar-refractivity contribution in [1.82, 2.24) is 9.19 Å². The molecule has 1 N–H and O–H groups in total. The normalized spacial score (nSPS) is 12.2. The quantitative estimate of drug-likeness (QED) is 0.668. The summed E-state index contributed by atoms with van der Waals surface area (Å²) in [6.07, 6.45) is -4.11. The highest BCUT2D eigenvalue weighted by atomic mass is 32.2. The van der Waals surface area contributed by atoms with Gasteiger partial charge in [0, 0.05) is 7.05 Å². The van der Waals surface area contributed by atoms with E-state index in [1.807, 2.05) is 0 Å². The number of halogens is 3. The first-order valence-electron chi connectivity index (χ1n) is 5.92. The van der Waals surface area contributed by atoms with E-state index in [1.54, 1.807) is 0 Å². The molecule has 0 aliphatic carbocycles. The summed E-state index contributed by atoms with van der Waals surface area (Å²) in [6.45, 7) is 0. The van der Waals surface area contributed by atoms with E-state index in [9.17, 15) is 31.7 Å². The van der Waals surface area contributed by atoms with Gasteiger partial charge in [-0.3, -0.25) is 10.1 Å². The predicted octanol–water partition coefficient (Wildman–Crippen LogP) is 2.09. The van der Waals surface area contributed by atoms with Crippen LogP contribution in [0.2, 0.25) is 0 Å². The lowest BCUT2D eigenvalue weighted by Gasteiger charge is -2.09. The van der Waals surface area contributed by atoms with Crippen LogP contribution in [0.1, 0.15) is 5.56 Å².